The third-order valence-electron chi connectivity index (χ3n) is 1.97. The fourth-order valence-electron chi connectivity index (χ4n) is 1.13. The fourth-order valence-corrected chi connectivity index (χ4v) is 1.39. The number of nitrogens with zero attached hydrogens (tertiary/aromatic N) is 2. The molecule has 0 amide bonds. The van der Waals surface area contributed by atoms with E-state index < -0.39 is 5.97 Å². The van der Waals surface area contributed by atoms with Crippen LogP contribution < -0.4 is 5.32 Å². The van der Waals surface area contributed by atoms with Gasteiger partial charge in [0.05, 0.1) is 10.6 Å². The number of aromatic nitrogens is 1. The molecule has 1 heterocycles. The van der Waals surface area contributed by atoms with Gasteiger partial charge in [-0.05, 0) is 20.2 Å². The van der Waals surface area contributed by atoms with E-state index in [0.717, 1.165) is 6.54 Å². The summed E-state index contributed by atoms with van der Waals surface area (Å²) in [6, 6.07) is 1.38. The van der Waals surface area contributed by atoms with Gasteiger partial charge in [-0.2, -0.15) is 0 Å². The van der Waals surface area contributed by atoms with Gasteiger partial charge >= 0.3 is 5.97 Å². The Morgan fingerprint density at radius 3 is 2.88 bits per heavy atom. The molecule has 0 spiro atoms. The van der Waals surface area contributed by atoms with Gasteiger partial charge in [0.2, 0.25) is 0 Å². The quantitative estimate of drug-likeness (QED) is 0.819. The van der Waals surface area contributed by atoms with Crippen molar-refractivity contribution in [2.24, 2.45) is 0 Å². The third-order valence-corrected chi connectivity index (χ3v) is 2.35. The Balaban J connectivity index is 2.73. The minimum Gasteiger partial charge on any atom is -0.478 e. The zero-order valence-corrected chi connectivity index (χ0v) is 9.95. The van der Waals surface area contributed by atoms with Gasteiger partial charge in [0.1, 0.15) is 5.82 Å². The Morgan fingerprint density at radius 1 is 1.62 bits per heavy atom. The molecule has 0 aliphatic carbocycles. The summed E-state index contributed by atoms with van der Waals surface area (Å²) in [6.07, 6.45) is 1.42. The molecule has 5 nitrogen and oxygen atoms in total. The number of aromatic carboxylic acids is 1. The molecular formula is C10H14ClN3O2. The van der Waals surface area contributed by atoms with E-state index in [1.807, 2.05) is 19.0 Å². The number of pyridine rings is 1. The minimum absolute atomic E-state index is 0.0593. The summed E-state index contributed by atoms with van der Waals surface area (Å²) in [5.41, 5.74) is 0.0593. The Hall–Kier alpha value is -1.33. The van der Waals surface area contributed by atoms with Crippen LogP contribution in [0.3, 0.4) is 0 Å². The predicted octanol–water partition coefficient (Wildman–Crippen LogP) is 1.41. The van der Waals surface area contributed by atoms with Crippen LogP contribution in [0, 0.1) is 0 Å². The number of carboxylic acids is 1. The molecule has 0 aromatic carbocycles. The average Bonchev–Trinajstić information content (AvgIpc) is 2.19. The molecule has 0 radical (unpaired) electrons. The summed E-state index contributed by atoms with van der Waals surface area (Å²) < 4.78 is 0. The average molecular weight is 244 g/mol. The summed E-state index contributed by atoms with van der Waals surface area (Å²) in [5, 5.41) is 12.0. The van der Waals surface area contributed by atoms with Crippen LogP contribution in [0.1, 0.15) is 10.4 Å². The summed E-state index contributed by atoms with van der Waals surface area (Å²) in [6.45, 7) is 1.47. The fraction of sp³-hybridized carbons (Fsp3) is 0.400. The van der Waals surface area contributed by atoms with Crippen molar-refractivity contribution in [1.82, 2.24) is 9.88 Å². The molecule has 1 rings (SSSR count). The zero-order valence-electron chi connectivity index (χ0n) is 9.20. The lowest BCUT2D eigenvalue weighted by atomic mass is 10.2. The van der Waals surface area contributed by atoms with Crippen molar-refractivity contribution in [3.05, 3.63) is 22.8 Å². The molecule has 0 unspecified atom stereocenters. The number of anilines is 1. The van der Waals surface area contributed by atoms with E-state index in [1.54, 1.807) is 0 Å². The summed E-state index contributed by atoms with van der Waals surface area (Å²) in [7, 11) is 3.90. The van der Waals surface area contributed by atoms with Crippen LogP contribution in [-0.4, -0.2) is 48.1 Å². The summed E-state index contributed by atoms with van der Waals surface area (Å²) >= 11 is 5.90. The SMILES string of the molecule is CN(C)CCNc1nccc(C(=O)O)c1Cl. The molecule has 0 aliphatic heterocycles. The number of hydrogen-bond donors (Lipinski definition) is 2. The first-order valence-electron chi connectivity index (χ1n) is 4.78. The second-order valence-electron chi connectivity index (χ2n) is 3.56. The number of hydrogen-bond acceptors (Lipinski definition) is 4. The van der Waals surface area contributed by atoms with Crippen molar-refractivity contribution < 1.29 is 9.90 Å². The smallest absolute Gasteiger partial charge is 0.337 e. The highest BCUT2D eigenvalue weighted by Gasteiger charge is 2.12. The van der Waals surface area contributed by atoms with Gasteiger partial charge in [0.25, 0.3) is 0 Å². The van der Waals surface area contributed by atoms with Gasteiger partial charge in [-0.15, -0.1) is 0 Å². The number of rotatable bonds is 5. The molecule has 0 saturated carbocycles. The Labute approximate surface area is 99.0 Å². The van der Waals surface area contributed by atoms with E-state index >= 15 is 0 Å². The summed E-state index contributed by atoms with van der Waals surface area (Å²) in [4.78, 5) is 16.8. The predicted molar refractivity (Wildman–Crippen MR) is 63.3 cm³/mol. The molecule has 0 bridgehead atoms. The molecule has 2 N–H and O–H groups in total. The largest absolute Gasteiger partial charge is 0.478 e. The van der Waals surface area contributed by atoms with E-state index in [9.17, 15) is 4.79 Å². The maximum absolute atomic E-state index is 10.8. The van der Waals surface area contributed by atoms with Gasteiger partial charge in [-0.25, -0.2) is 9.78 Å². The third kappa shape index (κ3) is 3.36. The number of halogens is 1. The first-order valence-corrected chi connectivity index (χ1v) is 5.16. The molecule has 0 aliphatic rings. The highest BCUT2D eigenvalue weighted by molar-refractivity contribution is 6.35. The van der Waals surface area contributed by atoms with Crippen molar-refractivity contribution in [3.8, 4) is 0 Å². The van der Waals surface area contributed by atoms with E-state index in [2.05, 4.69) is 10.3 Å². The first kappa shape index (κ1) is 12.7. The normalized spacial score (nSPS) is 10.5. The zero-order chi connectivity index (χ0) is 12.1. The van der Waals surface area contributed by atoms with Crippen molar-refractivity contribution >= 4 is 23.4 Å². The lowest BCUT2D eigenvalue weighted by Crippen LogP contribution is -2.21. The Bertz CT molecular complexity index is 382. The van der Waals surface area contributed by atoms with Crippen molar-refractivity contribution in [1.29, 1.82) is 0 Å². The van der Waals surface area contributed by atoms with Crippen LogP contribution in [0.2, 0.25) is 5.02 Å². The van der Waals surface area contributed by atoms with Gasteiger partial charge in [-0.1, -0.05) is 11.6 Å². The lowest BCUT2D eigenvalue weighted by Gasteiger charge is -2.12. The molecule has 6 heteroatoms. The maximum Gasteiger partial charge on any atom is 0.337 e. The lowest BCUT2D eigenvalue weighted by molar-refractivity contribution is 0.0697. The number of carboxylic acid groups (broad SMARTS) is 1. The van der Waals surface area contributed by atoms with Crippen LogP contribution >= 0.6 is 11.6 Å². The molecule has 0 atom stereocenters. The topological polar surface area (TPSA) is 65.5 Å². The van der Waals surface area contributed by atoms with Gasteiger partial charge in [0, 0.05) is 19.3 Å². The summed E-state index contributed by atoms with van der Waals surface area (Å²) in [5.74, 6) is -0.647. The van der Waals surface area contributed by atoms with Crippen molar-refractivity contribution in [2.75, 3.05) is 32.5 Å². The second-order valence-corrected chi connectivity index (χ2v) is 3.93. The Kier molecular flexibility index (Phi) is 4.52. The van der Waals surface area contributed by atoms with Crippen LogP contribution in [0.15, 0.2) is 12.3 Å². The van der Waals surface area contributed by atoms with Gasteiger partial charge in [-0.3, -0.25) is 0 Å². The molecule has 0 saturated heterocycles. The van der Waals surface area contributed by atoms with Gasteiger partial charge in [0.15, 0.2) is 0 Å². The van der Waals surface area contributed by atoms with Crippen molar-refractivity contribution in [3.63, 3.8) is 0 Å². The molecular weight excluding hydrogens is 230 g/mol. The first-order chi connectivity index (χ1) is 7.52. The minimum atomic E-state index is -1.05. The molecule has 0 fully saturated rings. The standard InChI is InChI=1S/C10H14ClN3O2/c1-14(2)6-5-13-9-8(11)7(10(15)16)3-4-12-9/h3-4H,5-6H2,1-2H3,(H,12,13)(H,15,16). The van der Waals surface area contributed by atoms with Crippen LogP contribution in [0.5, 0.6) is 0 Å². The number of likely N-dealkylation sites (N-methyl/N-ethyl adjacent to an activating group) is 1. The molecule has 1 aromatic rings. The van der Waals surface area contributed by atoms with E-state index in [-0.39, 0.29) is 10.6 Å². The van der Waals surface area contributed by atoms with Crippen LogP contribution in [0.4, 0.5) is 5.82 Å². The molecule has 1 aromatic heterocycles. The molecule has 16 heavy (non-hydrogen) atoms. The van der Waals surface area contributed by atoms with Gasteiger partial charge < -0.3 is 15.3 Å². The van der Waals surface area contributed by atoms with E-state index in [0.29, 0.717) is 12.4 Å². The van der Waals surface area contributed by atoms with Crippen LogP contribution in [0.25, 0.3) is 0 Å². The highest BCUT2D eigenvalue weighted by atomic mass is 35.5. The molecule has 88 valence electrons. The van der Waals surface area contributed by atoms with E-state index in [1.165, 1.54) is 12.3 Å². The number of carbonyl (C=O) groups is 1. The second kappa shape index (κ2) is 5.67. The van der Waals surface area contributed by atoms with E-state index in [4.69, 9.17) is 16.7 Å². The maximum atomic E-state index is 10.8. The van der Waals surface area contributed by atoms with Crippen LogP contribution in [-0.2, 0) is 0 Å². The highest BCUT2D eigenvalue weighted by Crippen LogP contribution is 2.23. The monoisotopic (exact) mass is 243 g/mol. The Morgan fingerprint density at radius 2 is 2.31 bits per heavy atom. The number of nitrogens with one attached hydrogen (secondary N) is 1. The van der Waals surface area contributed by atoms with Crippen molar-refractivity contribution in [2.45, 2.75) is 0 Å².